The van der Waals surface area contributed by atoms with Gasteiger partial charge in [0.1, 0.15) is 5.82 Å². The predicted octanol–water partition coefficient (Wildman–Crippen LogP) is 4.84. The molecule has 0 atom stereocenters. The molecule has 0 spiro atoms. The highest BCUT2D eigenvalue weighted by atomic mass is 79.9. The smallest absolute Gasteiger partial charge is 0.191 e. The molecule has 0 aliphatic heterocycles. The molecule has 1 fully saturated rings. The van der Waals surface area contributed by atoms with Gasteiger partial charge in [-0.3, -0.25) is 0 Å². The van der Waals surface area contributed by atoms with E-state index in [2.05, 4.69) is 38.1 Å². The van der Waals surface area contributed by atoms with Gasteiger partial charge in [-0.1, -0.05) is 19.8 Å². The molecule has 3 rings (SSSR count). The number of halogens is 1. The Hall–Kier alpha value is -1.01. The van der Waals surface area contributed by atoms with Gasteiger partial charge in [-0.2, -0.15) is 0 Å². The third-order valence-corrected chi connectivity index (χ3v) is 5.34. The summed E-state index contributed by atoms with van der Waals surface area (Å²) < 4.78 is 1.03. The zero-order valence-corrected chi connectivity index (χ0v) is 14.5. The molecular weight excluding hydrogens is 348 g/mol. The number of hydrogen-bond donors (Lipinski definition) is 1. The van der Waals surface area contributed by atoms with E-state index >= 15 is 0 Å². The van der Waals surface area contributed by atoms with Crippen molar-refractivity contribution in [2.24, 2.45) is 0 Å². The van der Waals surface area contributed by atoms with Crippen LogP contribution in [0, 0.1) is 0 Å². The quantitative estimate of drug-likeness (QED) is 0.821. The minimum absolute atomic E-state index is 0.545. The van der Waals surface area contributed by atoms with Crippen LogP contribution in [0.3, 0.4) is 0 Å². The van der Waals surface area contributed by atoms with Gasteiger partial charge in [0.15, 0.2) is 10.8 Å². The van der Waals surface area contributed by atoms with E-state index in [1.807, 2.05) is 5.38 Å². The number of anilines is 1. The first-order valence-electron chi connectivity index (χ1n) is 7.50. The predicted molar refractivity (Wildman–Crippen MR) is 90.8 cm³/mol. The van der Waals surface area contributed by atoms with Crippen molar-refractivity contribution in [2.45, 2.75) is 44.9 Å². The van der Waals surface area contributed by atoms with Crippen LogP contribution in [-0.2, 0) is 0 Å². The summed E-state index contributed by atoms with van der Waals surface area (Å²) in [7, 11) is 0. The minimum Gasteiger partial charge on any atom is -0.369 e. The van der Waals surface area contributed by atoms with Gasteiger partial charge in [-0.15, -0.1) is 11.3 Å². The Bertz CT molecular complexity index is 594. The molecule has 4 nitrogen and oxygen atoms in total. The van der Waals surface area contributed by atoms with E-state index in [1.165, 1.54) is 25.7 Å². The lowest BCUT2D eigenvalue weighted by Crippen LogP contribution is -2.09. The Morgan fingerprint density at radius 1 is 1.33 bits per heavy atom. The average molecular weight is 367 g/mol. The molecule has 6 heteroatoms. The number of hydrogen-bond acceptors (Lipinski definition) is 5. The highest BCUT2D eigenvalue weighted by molar-refractivity contribution is 9.10. The summed E-state index contributed by atoms with van der Waals surface area (Å²) in [5, 5.41) is 6.27. The molecule has 2 aromatic rings. The van der Waals surface area contributed by atoms with E-state index in [0.717, 1.165) is 39.8 Å². The molecule has 1 aliphatic carbocycles. The van der Waals surface area contributed by atoms with Crippen molar-refractivity contribution in [1.29, 1.82) is 0 Å². The third kappa shape index (κ3) is 3.26. The van der Waals surface area contributed by atoms with Crippen LogP contribution in [0.15, 0.2) is 16.0 Å². The van der Waals surface area contributed by atoms with E-state index in [0.29, 0.717) is 5.92 Å². The summed E-state index contributed by atoms with van der Waals surface area (Å²) in [6.07, 6.45) is 7.92. The van der Waals surface area contributed by atoms with Crippen LogP contribution in [0.2, 0.25) is 0 Å². The molecule has 0 aromatic carbocycles. The normalized spacial score (nSPS) is 15.5. The fourth-order valence-electron chi connectivity index (χ4n) is 2.72. The molecule has 2 heterocycles. The fourth-order valence-corrected chi connectivity index (χ4v) is 3.93. The van der Waals surface area contributed by atoms with E-state index in [-0.39, 0.29) is 0 Å². The van der Waals surface area contributed by atoms with Crippen molar-refractivity contribution in [2.75, 3.05) is 11.9 Å². The molecule has 0 unspecified atom stereocenters. The van der Waals surface area contributed by atoms with Gasteiger partial charge in [0, 0.05) is 24.0 Å². The average Bonchev–Trinajstić information content (AvgIpc) is 3.19. The van der Waals surface area contributed by atoms with Crippen molar-refractivity contribution in [3.05, 3.63) is 21.7 Å². The number of thiazole rings is 1. The maximum atomic E-state index is 4.82. The van der Waals surface area contributed by atoms with E-state index in [1.54, 1.807) is 17.5 Å². The summed E-state index contributed by atoms with van der Waals surface area (Å²) in [5.41, 5.74) is 1.14. The Morgan fingerprint density at radius 3 is 2.81 bits per heavy atom. The van der Waals surface area contributed by atoms with Crippen molar-refractivity contribution in [3.63, 3.8) is 0 Å². The Morgan fingerprint density at radius 2 is 2.14 bits per heavy atom. The SMILES string of the molecule is CCCNc1nc(-c2nccs2)nc(C2CCCC2)c1Br. The van der Waals surface area contributed by atoms with E-state index in [4.69, 9.17) is 4.98 Å². The van der Waals surface area contributed by atoms with Crippen LogP contribution in [0.5, 0.6) is 0 Å². The fraction of sp³-hybridized carbons (Fsp3) is 0.533. The zero-order chi connectivity index (χ0) is 14.7. The number of nitrogens with zero attached hydrogens (tertiary/aromatic N) is 3. The van der Waals surface area contributed by atoms with Crippen LogP contribution < -0.4 is 5.32 Å². The standard InChI is InChI=1S/C15H19BrN4S/c1-2-7-17-13-11(16)12(10-5-3-4-6-10)19-14(20-13)15-18-8-9-21-15/h8-10H,2-7H2,1H3,(H,17,19,20). The third-order valence-electron chi connectivity index (χ3n) is 3.78. The number of nitrogens with one attached hydrogen (secondary N) is 1. The molecule has 2 aromatic heterocycles. The molecule has 0 bridgehead atoms. The Labute approximate surface area is 137 Å². The first-order chi connectivity index (χ1) is 10.3. The van der Waals surface area contributed by atoms with Crippen LogP contribution in [0.25, 0.3) is 10.8 Å². The van der Waals surface area contributed by atoms with Crippen LogP contribution in [0.4, 0.5) is 5.82 Å². The summed E-state index contributed by atoms with van der Waals surface area (Å²) in [6.45, 7) is 3.07. The van der Waals surface area contributed by atoms with E-state index < -0.39 is 0 Å². The molecule has 112 valence electrons. The molecule has 1 N–H and O–H groups in total. The van der Waals surface area contributed by atoms with Crippen molar-refractivity contribution >= 4 is 33.1 Å². The van der Waals surface area contributed by atoms with Crippen LogP contribution in [-0.4, -0.2) is 21.5 Å². The molecule has 21 heavy (non-hydrogen) atoms. The van der Waals surface area contributed by atoms with Gasteiger partial charge in [0.05, 0.1) is 10.2 Å². The Kier molecular flexibility index (Phi) is 4.85. The second-order valence-corrected chi connectivity index (χ2v) is 7.03. The molecule has 0 radical (unpaired) electrons. The van der Waals surface area contributed by atoms with Crippen LogP contribution in [0.1, 0.15) is 50.6 Å². The monoisotopic (exact) mass is 366 g/mol. The molecule has 1 saturated carbocycles. The first kappa shape index (κ1) is 14.9. The van der Waals surface area contributed by atoms with Gasteiger partial charge < -0.3 is 5.32 Å². The molecule has 0 saturated heterocycles. The number of rotatable bonds is 5. The maximum Gasteiger partial charge on any atom is 0.191 e. The van der Waals surface area contributed by atoms with Gasteiger partial charge in [0.2, 0.25) is 0 Å². The summed E-state index contributed by atoms with van der Waals surface area (Å²) in [5.74, 6) is 2.19. The van der Waals surface area contributed by atoms with Gasteiger partial charge >= 0.3 is 0 Å². The summed E-state index contributed by atoms with van der Waals surface area (Å²) in [6, 6.07) is 0. The van der Waals surface area contributed by atoms with Gasteiger partial charge in [-0.25, -0.2) is 15.0 Å². The molecule has 0 amide bonds. The summed E-state index contributed by atoms with van der Waals surface area (Å²) in [4.78, 5) is 13.8. The second-order valence-electron chi connectivity index (χ2n) is 5.34. The zero-order valence-electron chi connectivity index (χ0n) is 12.1. The lowest BCUT2D eigenvalue weighted by molar-refractivity contribution is 0.691. The Balaban J connectivity index is 2.02. The van der Waals surface area contributed by atoms with Gasteiger partial charge in [-0.05, 0) is 35.2 Å². The van der Waals surface area contributed by atoms with Gasteiger partial charge in [0.25, 0.3) is 0 Å². The van der Waals surface area contributed by atoms with Crippen molar-refractivity contribution in [1.82, 2.24) is 15.0 Å². The maximum absolute atomic E-state index is 4.82. The van der Waals surface area contributed by atoms with Crippen molar-refractivity contribution in [3.8, 4) is 10.8 Å². The molecule has 1 aliphatic rings. The lowest BCUT2D eigenvalue weighted by atomic mass is 10.0. The highest BCUT2D eigenvalue weighted by Crippen LogP contribution is 2.39. The van der Waals surface area contributed by atoms with E-state index in [9.17, 15) is 0 Å². The highest BCUT2D eigenvalue weighted by Gasteiger charge is 2.24. The topological polar surface area (TPSA) is 50.7 Å². The largest absolute Gasteiger partial charge is 0.369 e. The first-order valence-corrected chi connectivity index (χ1v) is 9.18. The second kappa shape index (κ2) is 6.83. The lowest BCUT2D eigenvalue weighted by Gasteiger charge is -2.15. The van der Waals surface area contributed by atoms with Crippen molar-refractivity contribution < 1.29 is 0 Å². The van der Waals surface area contributed by atoms with Crippen LogP contribution >= 0.6 is 27.3 Å². The number of aromatic nitrogens is 3. The summed E-state index contributed by atoms with van der Waals surface area (Å²) >= 11 is 5.30. The minimum atomic E-state index is 0.545. The molecular formula is C15H19BrN4S.